The Hall–Kier alpha value is -0.940. The number of benzene rings is 1. The molecule has 0 aliphatic rings. The van der Waals surface area contributed by atoms with Gasteiger partial charge in [0.15, 0.2) is 0 Å². The number of nitrogens with two attached hydrogens (primary N) is 1. The molecule has 13 heavy (non-hydrogen) atoms. The predicted octanol–water partition coefficient (Wildman–Crippen LogP) is 1.29. The van der Waals surface area contributed by atoms with Crippen LogP contribution >= 0.6 is 11.6 Å². The van der Waals surface area contributed by atoms with Crippen LogP contribution < -0.4 is 10.5 Å². The molecule has 0 spiro atoms. The van der Waals surface area contributed by atoms with Crippen molar-refractivity contribution in [2.24, 2.45) is 0 Å². The van der Waals surface area contributed by atoms with E-state index in [0.29, 0.717) is 11.4 Å². The zero-order valence-corrected chi connectivity index (χ0v) is 8.48. The van der Waals surface area contributed by atoms with Crippen molar-refractivity contribution in [3.05, 3.63) is 23.2 Å². The first-order valence-electron chi connectivity index (χ1n) is 3.42. The third-order valence-electron chi connectivity index (χ3n) is 1.32. The van der Waals surface area contributed by atoms with Gasteiger partial charge in [0.25, 0.3) is 0 Å². The molecule has 3 N–H and O–H groups in total. The average Bonchev–Trinajstić information content (AvgIpc) is 1.96. The second-order valence-corrected chi connectivity index (χ2v) is 4.71. The van der Waals surface area contributed by atoms with Crippen LogP contribution in [0.15, 0.2) is 18.2 Å². The van der Waals surface area contributed by atoms with Crippen LogP contribution in [0, 0.1) is 0 Å². The molecule has 0 aliphatic carbocycles. The van der Waals surface area contributed by atoms with Crippen LogP contribution in [0.5, 0.6) is 0 Å². The van der Waals surface area contributed by atoms with E-state index in [9.17, 15) is 8.42 Å². The maximum absolute atomic E-state index is 10.9. The van der Waals surface area contributed by atoms with Gasteiger partial charge < -0.3 is 5.73 Å². The number of anilines is 2. The van der Waals surface area contributed by atoms with Crippen LogP contribution in [0.1, 0.15) is 0 Å². The van der Waals surface area contributed by atoms with Crippen molar-refractivity contribution in [2.45, 2.75) is 0 Å². The fraction of sp³-hybridized carbons (Fsp3) is 0.143. The van der Waals surface area contributed by atoms with Crippen molar-refractivity contribution in [1.82, 2.24) is 0 Å². The van der Waals surface area contributed by atoms with Gasteiger partial charge in [0.2, 0.25) is 10.0 Å². The van der Waals surface area contributed by atoms with E-state index in [4.69, 9.17) is 17.3 Å². The molecule has 0 saturated carbocycles. The molecule has 0 heterocycles. The molecule has 0 aliphatic heterocycles. The number of rotatable bonds is 2. The van der Waals surface area contributed by atoms with Crippen LogP contribution in [0.2, 0.25) is 5.02 Å². The highest BCUT2D eigenvalue weighted by Gasteiger charge is 2.07. The van der Waals surface area contributed by atoms with E-state index in [1.165, 1.54) is 0 Å². The van der Waals surface area contributed by atoms with Gasteiger partial charge in [-0.25, -0.2) is 8.42 Å². The van der Waals surface area contributed by atoms with E-state index in [1.54, 1.807) is 18.2 Å². The Morgan fingerprint density at radius 1 is 1.46 bits per heavy atom. The molecule has 0 atom stereocenters. The normalized spacial score (nSPS) is 11.2. The number of nitrogens with one attached hydrogen (secondary N) is 1. The van der Waals surface area contributed by atoms with E-state index in [2.05, 4.69) is 4.72 Å². The summed E-state index contributed by atoms with van der Waals surface area (Å²) in [5.74, 6) is 0. The number of nitrogen functional groups attached to an aromatic ring is 1. The minimum absolute atomic E-state index is 0.216. The second-order valence-electron chi connectivity index (χ2n) is 2.58. The summed E-state index contributed by atoms with van der Waals surface area (Å²) in [6.07, 6.45) is 1.05. The molecule has 0 fully saturated rings. The topological polar surface area (TPSA) is 72.2 Å². The van der Waals surface area contributed by atoms with Gasteiger partial charge in [-0.2, -0.15) is 0 Å². The summed E-state index contributed by atoms with van der Waals surface area (Å²) in [5, 5.41) is 0.216. The molecule has 0 unspecified atom stereocenters. The van der Waals surface area contributed by atoms with Crippen molar-refractivity contribution in [1.29, 1.82) is 0 Å². The fourth-order valence-electron chi connectivity index (χ4n) is 0.828. The smallest absolute Gasteiger partial charge is 0.229 e. The Kier molecular flexibility index (Phi) is 2.68. The molecule has 6 heteroatoms. The lowest BCUT2D eigenvalue weighted by atomic mass is 10.3. The monoisotopic (exact) mass is 220 g/mol. The summed E-state index contributed by atoms with van der Waals surface area (Å²) in [4.78, 5) is 0. The molecule has 0 aromatic heterocycles. The second kappa shape index (κ2) is 3.43. The molecule has 0 amide bonds. The molecular weight excluding hydrogens is 212 g/mol. The summed E-state index contributed by atoms with van der Waals surface area (Å²) in [6.45, 7) is 0. The SMILES string of the molecule is CS(=O)(=O)Nc1cccc(N)c1Cl. The van der Waals surface area contributed by atoms with Crippen molar-refractivity contribution >= 4 is 33.0 Å². The highest BCUT2D eigenvalue weighted by Crippen LogP contribution is 2.27. The van der Waals surface area contributed by atoms with E-state index in [1.807, 2.05) is 0 Å². The lowest BCUT2D eigenvalue weighted by Gasteiger charge is -2.06. The van der Waals surface area contributed by atoms with E-state index >= 15 is 0 Å². The third-order valence-corrected chi connectivity index (χ3v) is 2.34. The summed E-state index contributed by atoms with van der Waals surface area (Å²) >= 11 is 5.75. The maximum atomic E-state index is 10.9. The molecule has 72 valence electrons. The Morgan fingerprint density at radius 2 is 2.08 bits per heavy atom. The molecule has 4 nitrogen and oxygen atoms in total. The average molecular weight is 221 g/mol. The van der Waals surface area contributed by atoms with Crippen molar-refractivity contribution < 1.29 is 8.42 Å². The zero-order chi connectivity index (χ0) is 10.1. The first-order valence-corrected chi connectivity index (χ1v) is 5.69. The van der Waals surface area contributed by atoms with Gasteiger partial charge in [0.05, 0.1) is 22.7 Å². The van der Waals surface area contributed by atoms with Crippen LogP contribution in [-0.2, 0) is 10.0 Å². The largest absolute Gasteiger partial charge is 0.397 e. The first kappa shape index (κ1) is 10.1. The standard InChI is InChI=1S/C7H9ClN2O2S/c1-13(11,12)10-6-4-2-3-5(9)7(6)8/h2-4,10H,9H2,1H3. The Bertz CT molecular complexity index is 417. The van der Waals surface area contributed by atoms with E-state index in [0.717, 1.165) is 6.26 Å². The summed E-state index contributed by atoms with van der Waals surface area (Å²) in [5.41, 5.74) is 6.11. The summed E-state index contributed by atoms with van der Waals surface area (Å²) in [7, 11) is -3.31. The Balaban J connectivity index is 3.10. The summed E-state index contributed by atoms with van der Waals surface area (Å²) in [6, 6.07) is 4.75. The number of hydrogen-bond acceptors (Lipinski definition) is 3. The van der Waals surface area contributed by atoms with Crippen LogP contribution in [0.25, 0.3) is 0 Å². The van der Waals surface area contributed by atoms with Crippen LogP contribution in [0.4, 0.5) is 11.4 Å². The third kappa shape index (κ3) is 2.78. The Labute approximate surface area is 81.8 Å². The van der Waals surface area contributed by atoms with E-state index < -0.39 is 10.0 Å². The first-order chi connectivity index (χ1) is 5.90. The molecular formula is C7H9ClN2O2S. The highest BCUT2D eigenvalue weighted by molar-refractivity contribution is 7.92. The quantitative estimate of drug-likeness (QED) is 0.738. The van der Waals surface area contributed by atoms with Gasteiger partial charge in [-0.3, -0.25) is 4.72 Å². The zero-order valence-electron chi connectivity index (χ0n) is 6.91. The molecule has 0 bridgehead atoms. The molecule has 0 saturated heterocycles. The highest BCUT2D eigenvalue weighted by atomic mass is 35.5. The minimum Gasteiger partial charge on any atom is -0.397 e. The maximum Gasteiger partial charge on any atom is 0.229 e. The lowest BCUT2D eigenvalue weighted by molar-refractivity contribution is 0.607. The molecule has 1 rings (SSSR count). The van der Waals surface area contributed by atoms with Crippen molar-refractivity contribution in [3.8, 4) is 0 Å². The predicted molar refractivity (Wildman–Crippen MR) is 54.3 cm³/mol. The van der Waals surface area contributed by atoms with Gasteiger partial charge in [-0.15, -0.1) is 0 Å². The molecule has 1 aromatic rings. The van der Waals surface area contributed by atoms with E-state index in [-0.39, 0.29) is 5.02 Å². The number of hydrogen-bond donors (Lipinski definition) is 2. The molecule has 1 aromatic carbocycles. The van der Waals surface area contributed by atoms with Gasteiger partial charge in [0, 0.05) is 0 Å². The van der Waals surface area contributed by atoms with Crippen LogP contribution in [-0.4, -0.2) is 14.7 Å². The number of sulfonamides is 1. The van der Waals surface area contributed by atoms with Gasteiger partial charge in [-0.05, 0) is 12.1 Å². The summed E-state index contributed by atoms with van der Waals surface area (Å²) < 4.78 is 24.0. The van der Waals surface area contributed by atoms with Crippen molar-refractivity contribution in [3.63, 3.8) is 0 Å². The fourth-order valence-corrected chi connectivity index (χ4v) is 1.63. The molecule has 0 radical (unpaired) electrons. The minimum atomic E-state index is -3.31. The number of halogens is 1. The van der Waals surface area contributed by atoms with Gasteiger partial charge >= 0.3 is 0 Å². The van der Waals surface area contributed by atoms with Gasteiger partial charge in [-0.1, -0.05) is 17.7 Å². The van der Waals surface area contributed by atoms with Gasteiger partial charge in [0.1, 0.15) is 0 Å². The lowest BCUT2D eigenvalue weighted by Crippen LogP contribution is -2.10. The van der Waals surface area contributed by atoms with Crippen molar-refractivity contribution in [2.75, 3.05) is 16.7 Å². The van der Waals surface area contributed by atoms with Crippen LogP contribution in [0.3, 0.4) is 0 Å². The Morgan fingerprint density at radius 3 is 2.62 bits per heavy atom.